The molecule has 1 amide bonds. The molecule has 0 radical (unpaired) electrons. The van der Waals surface area contributed by atoms with E-state index in [9.17, 15) is 9.59 Å². The monoisotopic (exact) mass is 344 g/mol. The highest BCUT2D eigenvalue weighted by Crippen LogP contribution is 2.16. The highest BCUT2D eigenvalue weighted by molar-refractivity contribution is 5.94. The topological polar surface area (TPSA) is 90.6 Å². The van der Waals surface area contributed by atoms with E-state index in [4.69, 9.17) is 10.5 Å². The Hall–Kier alpha value is -1.79. The van der Waals surface area contributed by atoms with Crippen LogP contribution in [-0.4, -0.2) is 31.6 Å². The number of benzene rings is 1. The minimum absolute atomic E-state index is 0. The average Bonchev–Trinajstić information content (AvgIpc) is 2.48. The van der Waals surface area contributed by atoms with Crippen LogP contribution in [0.3, 0.4) is 0 Å². The van der Waals surface area contributed by atoms with Gasteiger partial charge in [-0.2, -0.15) is 0 Å². The highest BCUT2D eigenvalue weighted by Gasteiger charge is 2.14. The Kier molecular flexibility index (Phi) is 10.0. The number of hydrogen-bond acceptors (Lipinski definition) is 5. The molecule has 0 aromatic heterocycles. The third-order valence-corrected chi connectivity index (χ3v) is 2.99. The zero-order chi connectivity index (χ0) is 16.5. The van der Waals surface area contributed by atoms with E-state index in [1.807, 2.05) is 13.8 Å². The molecule has 0 aliphatic heterocycles. The Bertz CT molecular complexity index is 491. The smallest absolute Gasteiger partial charge is 0.308 e. The number of hydrogen-bond donors (Lipinski definition) is 2. The van der Waals surface area contributed by atoms with Crippen LogP contribution in [0.5, 0.6) is 5.75 Å². The van der Waals surface area contributed by atoms with Crippen LogP contribution in [0, 0.1) is 5.92 Å². The van der Waals surface area contributed by atoms with Crippen molar-refractivity contribution in [2.24, 2.45) is 11.7 Å². The van der Waals surface area contributed by atoms with Crippen molar-refractivity contribution in [2.45, 2.75) is 32.7 Å². The summed E-state index contributed by atoms with van der Waals surface area (Å²) in [6, 6.07) is 6.39. The van der Waals surface area contributed by atoms with E-state index >= 15 is 0 Å². The number of carbonyl (C=O) groups is 2. The number of nitrogens with one attached hydrogen (secondary N) is 1. The van der Waals surface area contributed by atoms with Gasteiger partial charge in [-0.15, -0.1) is 12.4 Å². The summed E-state index contributed by atoms with van der Waals surface area (Å²) >= 11 is 0. The van der Waals surface area contributed by atoms with Crippen LogP contribution >= 0.6 is 12.4 Å². The summed E-state index contributed by atoms with van der Waals surface area (Å²) < 4.78 is 9.92. The molecule has 1 aromatic carbocycles. The molecule has 0 aliphatic carbocycles. The summed E-state index contributed by atoms with van der Waals surface area (Å²) in [5.41, 5.74) is 6.48. The Labute approximate surface area is 143 Å². The van der Waals surface area contributed by atoms with Crippen LogP contribution in [0.25, 0.3) is 0 Å². The van der Waals surface area contributed by atoms with Gasteiger partial charge in [-0.25, -0.2) is 0 Å². The fraction of sp³-hybridized carbons (Fsp3) is 0.500. The zero-order valence-electron chi connectivity index (χ0n) is 13.7. The molecule has 0 saturated heterocycles. The molecule has 0 aliphatic rings. The van der Waals surface area contributed by atoms with Gasteiger partial charge in [0.15, 0.2) is 0 Å². The number of esters is 1. The van der Waals surface area contributed by atoms with Crippen molar-refractivity contribution in [1.29, 1.82) is 0 Å². The van der Waals surface area contributed by atoms with Crippen LogP contribution in [0.15, 0.2) is 24.3 Å². The Balaban J connectivity index is 0.00000484. The molecule has 0 fully saturated rings. The molecule has 1 rings (SSSR count). The number of halogens is 1. The predicted octanol–water partition coefficient (Wildman–Crippen LogP) is 2.36. The second kappa shape index (κ2) is 10.9. The van der Waals surface area contributed by atoms with Crippen molar-refractivity contribution in [3.63, 3.8) is 0 Å². The number of carbonyl (C=O) groups excluding carboxylic acids is 2. The van der Waals surface area contributed by atoms with Crippen molar-refractivity contribution in [3.05, 3.63) is 24.3 Å². The molecule has 130 valence electrons. The maximum atomic E-state index is 11.9. The lowest BCUT2D eigenvalue weighted by Crippen LogP contribution is -2.36. The molecule has 0 bridgehead atoms. The third-order valence-electron chi connectivity index (χ3n) is 2.99. The Morgan fingerprint density at radius 3 is 2.35 bits per heavy atom. The summed E-state index contributed by atoms with van der Waals surface area (Å²) in [6.45, 7) is 4.29. The van der Waals surface area contributed by atoms with Gasteiger partial charge in [-0.3, -0.25) is 9.59 Å². The van der Waals surface area contributed by atoms with Crippen LogP contribution in [-0.2, 0) is 14.3 Å². The predicted molar refractivity (Wildman–Crippen MR) is 91.9 cm³/mol. The molecule has 0 heterocycles. The summed E-state index contributed by atoms with van der Waals surface area (Å²) in [6.07, 6.45) is 0.833. The first kappa shape index (κ1) is 21.2. The fourth-order valence-electron chi connectivity index (χ4n) is 1.84. The summed E-state index contributed by atoms with van der Waals surface area (Å²) in [5.74, 6) is 0.468. The quantitative estimate of drug-likeness (QED) is 0.706. The van der Waals surface area contributed by atoms with E-state index in [1.165, 1.54) is 7.11 Å². The van der Waals surface area contributed by atoms with Gasteiger partial charge in [-0.1, -0.05) is 13.8 Å². The van der Waals surface area contributed by atoms with Crippen LogP contribution in [0.2, 0.25) is 0 Å². The summed E-state index contributed by atoms with van der Waals surface area (Å²) in [7, 11) is 1.34. The maximum absolute atomic E-state index is 11.9. The van der Waals surface area contributed by atoms with Crippen LogP contribution < -0.4 is 15.8 Å². The second-order valence-corrected chi connectivity index (χ2v) is 5.42. The van der Waals surface area contributed by atoms with E-state index in [-0.39, 0.29) is 37.3 Å². The van der Waals surface area contributed by atoms with Gasteiger partial charge in [0.05, 0.1) is 26.2 Å². The van der Waals surface area contributed by atoms with E-state index in [1.54, 1.807) is 24.3 Å². The molecule has 1 atom stereocenters. The van der Waals surface area contributed by atoms with E-state index in [0.717, 1.165) is 0 Å². The van der Waals surface area contributed by atoms with E-state index < -0.39 is 6.04 Å². The molecule has 0 unspecified atom stereocenters. The number of amides is 1. The number of rotatable bonds is 8. The minimum atomic E-state index is -0.518. The molecule has 0 spiro atoms. The number of ether oxygens (including phenoxy) is 2. The molecule has 0 saturated carbocycles. The lowest BCUT2D eigenvalue weighted by atomic mass is 10.0. The molecule has 3 N–H and O–H groups in total. The van der Waals surface area contributed by atoms with Gasteiger partial charge < -0.3 is 20.5 Å². The van der Waals surface area contributed by atoms with Crippen molar-refractivity contribution in [3.8, 4) is 5.75 Å². The van der Waals surface area contributed by atoms with Crippen molar-refractivity contribution in [1.82, 2.24) is 0 Å². The number of methoxy groups -OCH3 is 1. The fourth-order valence-corrected chi connectivity index (χ4v) is 1.84. The maximum Gasteiger partial charge on any atom is 0.308 e. The van der Waals surface area contributed by atoms with Crippen LogP contribution in [0.1, 0.15) is 26.7 Å². The molecule has 7 heteroatoms. The second-order valence-electron chi connectivity index (χ2n) is 5.42. The van der Waals surface area contributed by atoms with Gasteiger partial charge in [0.25, 0.3) is 0 Å². The van der Waals surface area contributed by atoms with E-state index in [2.05, 4.69) is 10.1 Å². The van der Waals surface area contributed by atoms with Crippen molar-refractivity contribution in [2.75, 3.05) is 19.0 Å². The molecule has 1 aromatic rings. The average molecular weight is 345 g/mol. The number of nitrogens with two attached hydrogens (primary N) is 1. The lowest BCUT2D eigenvalue weighted by Gasteiger charge is -2.14. The van der Waals surface area contributed by atoms with Crippen molar-refractivity contribution >= 4 is 30.0 Å². The van der Waals surface area contributed by atoms with Gasteiger partial charge in [-0.05, 0) is 36.6 Å². The molecule has 6 nitrogen and oxygen atoms in total. The Morgan fingerprint density at radius 2 is 1.83 bits per heavy atom. The van der Waals surface area contributed by atoms with Gasteiger partial charge >= 0.3 is 5.97 Å². The van der Waals surface area contributed by atoms with Gasteiger partial charge in [0.1, 0.15) is 5.75 Å². The normalized spacial score (nSPS) is 11.3. The van der Waals surface area contributed by atoms with E-state index in [0.29, 0.717) is 23.8 Å². The first-order chi connectivity index (χ1) is 10.4. The Morgan fingerprint density at radius 1 is 1.22 bits per heavy atom. The number of anilines is 1. The molecular formula is C16H25ClN2O4. The summed E-state index contributed by atoms with van der Waals surface area (Å²) in [5, 5.41) is 2.76. The summed E-state index contributed by atoms with van der Waals surface area (Å²) in [4.78, 5) is 22.9. The molecule has 23 heavy (non-hydrogen) atoms. The van der Waals surface area contributed by atoms with Crippen LogP contribution in [0.4, 0.5) is 5.69 Å². The molecular weight excluding hydrogens is 320 g/mol. The SMILES string of the molecule is COC(=O)CCOc1ccc(NC(=O)[C@@H](N)CC(C)C)cc1.Cl. The van der Waals surface area contributed by atoms with Gasteiger partial charge in [0.2, 0.25) is 5.91 Å². The highest BCUT2D eigenvalue weighted by atomic mass is 35.5. The minimum Gasteiger partial charge on any atom is -0.493 e. The largest absolute Gasteiger partial charge is 0.493 e. The third kappa shape index (κ3) is 8.42. The van der Waals surface area contributed by atoms with Gasteiger partial charge in [0, 0.05) is 5.69 Å². The first-order valence-corrected chi connectivity index (χ1v) is 7.28. The van der Waals surface area contributed by atoms with Crippen molar-refractivity contribution < 1.29 is 19.1 Å². The standard InChI is InChI=1S/C16H24N2O4.ClH/c1-11(2)10-14(17)16(20)18-12-4-6-13(7-5-12)22-9-8-15(19)21-3;/h4-7,11,14H,8-10,17H2,1-3H3,(H,18,20);1H/t14-;/m0./s1. The lowest BCUT2D eigenvalue weighted by molar-refractivity contribution is -0.141. The zero-order valence-corrected chi connectivity index (χ0v) is 14.5. The first-order valence-electron chi connectivity index (χ1n) is 7.28.